The van der Waals surface area contributed by atoms with E-state index in [4.69, 9.17) is 9.15 Å². The number of ether oxygens (including phenoxy) is 1. The molecule has 34 heavy (non-hydrogen) atoms. The van der Waals surface area contributed by atoms with Crippen LogP contribution in [-0.4, -0.2) is 35.3 Å². The molecule has 5 aromatic rings. The topological polar surface area (TPSA) is 87.5 Å². The Hall–Kier alpha value is -4.03. The van der Waals surface area contributed by atoms with Crippen molar-refractivity contribution in [1.82, 2.24) is 10.3 Å². The molecule has 170 valence electrons. The number of aromatic amines is 1. The Balaban J connectivity index is 1.30. The molecular weight excluding hydrogens is 428 g/mol. The summed E-state index contributed by atoms with van der Waals surface area (Å²) in [5, 5.41) is 15.1. The zero-order chi connectivity index (χ0) is 23.1. The molecule has 1 amide bonds. The van der Waals surface area contributed by atoms with Gasteiger partial charge in [0.25, 0.3) is 5.91 Å². The van der Waals surface area contributed by atoms with Gasteiger partial charge in [0.15, 0.2) is 0 Å². The summed E-state index contributed by atoms with van der Waals surface area (Å²) < 4.78 is 11.9. The largest absolute Gasteiger partial charge is 0.492 e. The van der Waals surface area contributed by atoms with Crippen LogP contribution in [0, 0.1) is 0 Å². The van der Waals surface area contributed by atoms with E-state index in [1.807, 2.05) is 72.9 Å². The highest BCUT2D eigenvalue weighted by Gasteiger charge is 2.25. The van der Waals surface area contributed by atoms with E-state index in [9.17, 15) is 9.90 Å². The lowest BCUT2D eigenvalue weighted by molar-refractivity contribution is 0.0913. The highest BCUT2D eigenvalue weighted by Crippen LogP contribution is 2.36. The Kier molecular flexibility index (Phi) is 5.08. The number of benzene rings is 3. The van der Waals surface area contributed by atoms with Crippen molar-refractivity contribution in [2.45, 2.75) is 18.9 Å². The molecule has 6 nitrogen and oxygen atoms in total. The average Bonchev–Trinajstić information content (AvgIpc) is 3.61. The monoisotopic (exact) mass is 452 g/mol. The number of rotatable bonds is 6. The molecule has 1 atom stereocenters. The van der Waals surface area contributed by atoms with Crippen LogP contribution in [-0.2, 0) is 12.8 Å². The predicted molar refractivity (Wildman–Crippen MR) is 131 cm³/mol. The number of para-hydroxylation sites is 2. The molecule has 6 rings (SSSR count). The third-order valence-electron chi connectivity index (χ3n) is 6.44. The van der Waals surface area contributed by atoms with Gasteiger partial charge in [-0.05, 0) is 47.9 Å². The second kappa shape index (κ2) is 8.39. The number of H-pyrrole nitrogens is 1. The Labute approximate surface area is 196 Å². The van der Waals surface area contributed by atoms with Gasteiger partial charge in [-0.25, -0.2) is 0 Å². The van der Waals surface area contributed by atoms with Crippen molar-refractivity contribution in [2.75, 3.05) is 13.2 Å². The molecule has 3 aromatic carbocycles. The Morgan fingerprint density at radius 1 is 1.09 bits per heavy atom. The third kappa shape index (κ3) is 3.62. The standard InChI is InChI=1S/C28H24N2O4/c31-16-21(12-20-15-29-24-7-3-2-6-22(20)24)30-28(32)23-13-19(11-18-9-10-33-27(18)23)26-14-17-5-1-4-8-25(17)34-26/h1-8,11,13-15,21,29,31H,9-10,12,16H2,(H,30,32)/t21-/m1/s1. The van der Waals surface area contributed by atoms with E-state index in [0.29, 0.717) is 30.1 Å². The van der Waals surface area contributed by atoms with Gasteiger partial charge in [-0.1, -0.05) is 36.4 Å². The number of carbonyl (C=O) groups is 1. The fraction of sp³-hybridized carbons (Fsp3) is 0.179. The molecule has 0 spiro atoms. The Bertz CT molecular complexity index is 1480. The van der Waals surface area contributed by atoms with Crippen LogP contribution in [0.5, 0.6) is 5.75 Å². The summed E-state index contributed by atoms with van der Waals surface area (Å²) in [6, 6.07) is 21.3. The molecule has 1 aliphatic heterocycles. The number of aromatic nitrogens is 1. The van der Waals surface area contributed by atoms with Crippen molar-refractivity contribution in [2.24, 2.45) is 0 Å². The minimum absolute atomic E-state index is 0.169. The van der Waals surface area contributed by atoms with Gasteiger partial charge < -0.3 is 24.6 Å². The average molecular weight is 453 g/mol. The molecule has 0 fully saturated rings. The third-order valence-corrected chi connectivity index (χ3v) is 6.44. The van der Waals surface area contributed by atoms with Crippen LogP contribution in [0.1, 0.15) is 21.5 Å². The van der Waals surface area contributed by atoms with E-state index in [2.05, 4.69) is 10.3 Å². The van der Waals surface area contributed by atoms with Crippen molar-refractivity contribution < 1.29 is 19.1 Å². The molecule has 3 N–H and O–H groups in total. The Morgan fingerprint density at radius 3 is 2.82 bits per heavy atom. The predicted octanol–water partition coefficient (Wildman–Crippen LogP) is 4.85. The second-order valence-corrected chi connectivity index (χ2v) is 8.68. The number of furan rings is 1. The molecule has 0 saturated heterocycles. The van der Waals surface area contributed by atoms with Crippen LogP contribution in [0.2, 0.25) is 0 Å². The number of hydrogen-bond acceptors (Lipinski definition) is 4. The highest BCUT2D eigenvalue weighted by atomic mass is 16.5. The number of amides is 1. The molecule has 6 heteroatoms. The van der Waals surface area contributed by atoms with E-state index in [1.165, 1.54) is 0 Å². The first-order valence-electron chi connectivity index (χ1n) is 11.4. The van der Waals surface area contributed by atoms with Crippen LogP contribution in [0.3, 0.4) is 0 Å². The molecule has 0 aliphatic carbocycles. The van der Waals surface area contributed by atoms with E-state index in [0.717, 1.165) is 45.0 Å². The Morgan fingerprint density at radius 2 is 1.94 bits per heavy atom. The molecule has 0 saturated carbocycles. The number of hydrogen-bond donors (Lipinski definition) is 3. The van der Waals surface area contributed by atoms with Gasteiger partial charge in [0.05, 0.1) is 24.8 Å². The first-order valence-corrected chi connectivity index (χ1v) is 11.4. The number of aliphatic hydroxyl groups is 1. The smallest absolute Gasteiger partial charge is 0.255 e. The summed E-state index contributed by atoms with van der Waals surface area (Å²) in [4.78, 5) is 16.6. The van der Waals surface area contributed by atoms with Gasteiger partial charge in [-0.2, -0.15) is 0 Å². The van der Waals surface area contributed by atoms with Gasteiger partial charge >= 0.3 is 0 Å². The van der Waals surface area contributed by atoms with E-state index in [1.54, 1.807) is 0 Å². The second-order valence-electron chi connectivity index (χ2n) is 8.68. The number of carbonyl (C=O) groups excluding carboxylic acids is 1. The number of aliphatic hydroxyl groups excluding tert-OH is 1. The fourth-order valence-electron chi connectivity index (χ4n) is 4.73. The molecule has 0 unspecified atom stereocenters. The summed E-state index contributed by atoms with van der Waals surface area (Å²) in [6.07, 6.45) is 3.18. The van der Waals surface area contributed by atoms with Gasteiger partial charge in [-0.15, -0.1) is 0 Å². The first-order chi connectivity index (χ1) is 16.7. The molecule has 2 aromatic heterocycles. The molecule has 3 heterocycles. The van der Waals surface area contributed by atoms with E-state index >= 15 is 0 Å². The van der Waals surface area contributed by atoms with E-state index in [-0.39, 0.29) is 12.5 Å². The van der Waals surface area contributed by atoms with Crippen LogP contribution >= 0.6 is 0 Å². The van der Waals surface area contributed by atoms with Crippen molar-refractivity contribution in [3.05, 3.63) is 89.6 Å². The van der Waals surface area contributed by atoms with Gasteiger partial charge in [0.1, 0.15) is 17.1 Å². The minimum Gasteiger partial charge on any atom is -0.492 e. The summed E-state index contributed by atoms with van der Waals surface area (Å²) in [7, 11) is 0. The van der Waals surface area contributed by atoms with Crippen molar-refractivity contribution in [3.8, 4) is 17.1 Å². The highest BCUT2D eigenvalue weighted by molar-refractivity contribution is 5.99. The molecule has 1 aliphatic rings. The lowest BCUT2D eigenvalue weighted by Gasteiger charge is -2.18. The zero-order valence-electron chi connectivity index (χ0n) is 18.5. The van der Waals surface area contributed by atoms with E-state index < -0.39 is 6.04 Å². The molecule has 0 radical (unpaired) electrons. The maximum Gasteiger partial charge on any atom is 0.255 e. The summed E-state index contributed by atoms with van der Waals surface area (Å²) in [5.41, 5.74) is 5.17. The van der Waals surface area contributed by atoms with Crippen LogP contribution < -0.4 is 10.1 Å². The number of fused-ring (bicyclic) bond motifs is 3. The van der Waals surface area contributed by atoms with Gasteiger partial charge in [-0.3, -0.25) is 4.79 Å². The lowest BCUT2D eigenvalue weighted by atomic mass is 10.00. The molecule has 0 bridgehead atoms. The van der Waals surface area contributed by atoms with Crippen LogP contribution in [0.4, 0.5) is 0 Å². The lowest BCUT2D eigenvalue weighted by Crippen LogP contribution is -2.39. The van der Waals surface area contributed by atoms with Crippen molar-refractivity contribution in [3.63, 3.8) is 0 Å². The maximum absolute atomic E-state index is 13.4. The number of nitrogens with one attached hydrogen (secondary N) is 2. The minimum atomic E-state index is -0.432. The summed E-state index contributed by atoms with van der Waals surface area (Å²) in [6.45, 7) is 0.371. The zero-order valence-corrected chi connectivity index (χ0v) is 18.5. The van der Waals surface area contributed by atoms with Crippen LogP contribution in [0.25, 0.3) is 33.2 Å². The van der Waals surface area contributed by atoms with Gasteiger partial charge in [0.2, 0.25) is 0 Å². The normalized spacial score (nSPS) is 13.7. The molecular formula is C28H24N2O4. The van der Waals surface area contributed by atoms with Crippen LogP contribution in [0.15, 0.2) is 77.3 Å². The van der Waals surface area contributed by atoms with Crippen molar-refractivity contribution in [1.29, 1.82) is 0 Å². The SMILES string of the molecule is O=C(N[C@@H](CO)Cc1c[nH]c2ccccc12)c1cc(-c2cc3ccccc3o2)cc2c1OCC2. The van der Waals surface area contributed by atoms with Crippen molar-refractivity contribution >= 4 is 27.8 Å². The van der Waals surface area contributed by atoms with Gasteiger partial charge in [0, 0.05) is 34.5 Å². The maximum atomic E-state index is 13.4. The summed E-state index contributed by atoms with van der Waals surface area (Å²) in [5.74, 6) is 1.05. The first kappa shape index (κ1) is 20.6. The quantitative estimate of drug-likeness (QED) is 0.344. The fourth-order valence-corrected chi connectivity index (χ4v) is 4.73. The summed E-state index contributed by atoms with van der Waals surface area (Å²) >= 11 is 0.